The van der Waals surface area contributed by atoms with E-state index in [2.05, 4.69) is 4.74 Å². The van der Waals surface area contributed by atoms with E-state index in [0.29, 0.717) is 5.75 Å². The molecule has 0 radical (unpaired) electrons. The third kappa shape index (κ3) is 9.01. The smallest absolute Gasteiger partial charge is 0.379 e. The molecule has 0 unspecified atom stereocenters. The predicted molar refractivity (Wildman–Crippen MR) is 51.1 cm³/mol. The largest absolute Gasteiger partial charge is 0.425 e. The van der Waals surface area contributed by atoms with Gasteiger partial charge in [-0.05, 0) is 12.1 Å². The molecule has 0 N–H and O–H groups in total. The highest BCUT2D eigenvalue weighted by atomic mass is 19.4. The van der Waals surface area contributed by atoms with Gasteiger partial charge in [-0.15, -0.1) is 0 Å². The van der Waals surface area contributed by atoms with Crippen molar-refractivity contribution >= 4 is 5.97 Å². The van der Waals surface area contributed by atoms with Crippen molar-refractivity contribution in [3.8, 4) is 5.75 Å². The zero-order valence-electron chi connectivity index (χ0n) is 8.53. The molecule has 0 bridgehead atoms. The molecule has 3 nitrogen and oxygen atoms in total. The standard InChI is InChI=1S/C9H10O3.CHF3/c1-11-7-9(10)12-8-5-3-2-4-6-8;2-1(3)4/h2-6H,7H2,1H3;1H. The van der Waals surface area contributed by atoms with E-state index in [1.165, 1.54) is 7.11 Å². The topological polar surface area (TPSA) is 35.5 Å². The Kier molecular flexibility index (Phi) is 7.87. The monoisotopic (exact) mass is 236 g/mol. The van der Waals surface area contributed by atoms with Gasteiger partial charge in [-0.1, -0.05) is 18.2 Å². The second kappa shape index (κ2) is 8.72. The molecule has 0 aromatic heterocycles. The average Bonchev–Trinajstić information content (AvgIpc) is 2.18. The number of esters is 1. The van der Waals surface area contributed by atoms with Crippen molar-refractivity contribution in [3.05, 3.63) is 30.3 Å². The van der Waals surface area contributed by atoms with Crippen LogP contribution in [0.4, 0.5) is 13.2 Å². The Labute approximate surface area is 90.8 Å². The van der Waals surface area contributed by atoms with Crippen LogP contribution >= 0.6 is 0 Å². The first kappa shape index (κ1) is 14.4. The number of methoxy groups -OCH3 is 1. The van der Waals surface area contributed by atoms with Gasteiger partial charge in [0.2, 0.25) is 0 Å². The van der Waals surface area contributed by atoms with Gasteiger partial charge < -0.3 is 9.47 Å². The van der Waals surface area contributed by atoms with Crippen molar-refractivity contribution in [2.75, 3.05) is 13.7 Å². The molecule has 90 valence electrons. The lowest BCUT2D eigenvalue weighted by Crippen LogP contribution is -2.13. The van der Waals surface area contributed by atoms with E-state index in [1.54, 1.807) is 24.3 Å². The van der Waals surface area contributed by atoms with E-state index in [0.717, 1.165) is 0 Å². The third-order valence-electron chi connectivity index (χ3n) is 1.24. The van der Waals surface area contributed by atoms with E-state index in [9.17, 15) is 18.0 Å². The number of hydrogen-bond donors (Lipinski definition) is 0. The summed E-state index contributed by atoms with van der Waals surface area (Å²) >= 11 is 0. The Morgan fingerprint density at radius 2 is 1.75 bits per heavy atom. The van der Waals surface area contributed by atoms with Gasteiger partial charge in [0.05, 0.1) is 0 Å². The molecule has 1 aromatic carbocycles. The normalized spacial score (nSPS) is 9.31. The van der Waals surface area contributed by atoms with Crippen LogP contribution in [-0.4, -0.2) is 26.4 Å². The number of para-hydroxylation sites is 1. The van der Waals surface area contributed by atoms with E-state index in [1.807, 2.05) is 6.07 Å². The van der Waals surface area contributed by atoms with Crippen molar-refractivity contribution in [2.24, 2.45) is 0 Å². The molecular weight excluding hydrogens is 225 g/mol. The number of halogens is 3. The van der Waals surface area contributed by atoms with Gasteiger partial charge in [-0.2, -0.15) is 13.2 Å². The Bertz CT molecular complexity index is 288. The van der Waals surface area contributed by atoms with Crippen molar-refractivity contribution in [3.63, 3.8) is 0 Å². The van der Waals surface area contributed by atoms with Crippen molar-refractivity contribution in [2.45, 2.75) is 6.68 Å². The molecule has 0 heterocycles. The van der Waals surface area contributed by atoms with Gasteiger partial charge in [0, 0.05) is 7.11 Å². The van der Waals surface area contributed by atoms with Crippen LogP contribution < -0.4 is 4.74 Å². The van der Waals surface area contributed by atoms with Gasteiger partial charge in [-0.25, -0.2) is 4.79 Å². The summed E-state index contributed by atoms with van der Waals surface area (Å²) in [7, 11) is 1.45. The van der Waals surface area contributed by atoms with E-state index in [4.69, 9.17) is 4.74 Å². The second-order valence-corrected chi connectivity index (χ2v) is 2.47. The van der Waals surface area contributed by atoms with Crippen molar-refractivity contribution in [1.29, 1.82) is 0 Å². The second-order valence-electron chi connectivity index (χ2n) is 2.47. The van der Waals surface area contributed by atoms with Crippen LogP contribution in [0.2, 0.25) is 0 Å². The van der Waals surface area contributed by atoms with Crippen LogP contribution in [0.15, 0.2) is 30.3 Å². The molecule has 0 aliphatic rings. The van der Waals surface area contributed by atoms with Gasteiger partial charge in [0.15, 0.2) is 0 Å². The van der Waals surface area contributed by atoms with E-state index in [-0.39, 0.29) is 12.6 Å². The highest BCUT2D eigenvalue weighted by Gasteiger charge is 2.01. The molecule has 0 fully saturated rings. The molecule has 0 saturated heterocycles. The first-order valence-electron chi connectivity index (χ1n) is 4.23. The fourth-order valence-electron chi connectivity index (χ4n) is 0.767. The first-order chi connectivity index (χ1) is 7.56. The highest BCUT2D eigenvalue weighted by Crippen LogP contribution is 2.07. The Hall–Kier alpha value is -1.56. The first-order valence-corrected chi connectivity index (χ1v) is 4.23. The summed E-state index contributed by atoms with van der Waals surface area (Å²) in [5, 5.41) is 0. The zero-order valence-corrected chi connectivity index (χ0v) is 8.53. The molecule has 0 amide bonds. The van der Waals surface area contributed by atoms with Crippen LogP contribution in [0.25, 0.3) is 0 Å². The molecule has 1 rings (SSSR count). The number of rotatable bonds is 3. The Balaban J connectivity index is 0.000000487. The molecule has 0 saturated carbocycles. The minimum absolute atomic E-state index is 0.0190. The van der Waals surface area contributed by atoms with Crippen LogP contribution in [-0.2, 0) is 9.53 Å². The minimum Gasteiger partial charge on any atom is -0.425 e. The predicted octanol–water partition coefficient (Wildman–Crippen LogP) is 2.42. The fourth-order valence-corrected chi connectivity index (χ4v) is 0.767. The minimum atomic E-state index is -3.67. The number of hydrogen-bond acceptors (Lipinski definition) is 3. The number of benzene rings is 1. The van der Waals surface area contributed by atoms with Gasteiger partial charge in [0.1, 0.15) is 12.4 Å². The van der Waals surface area contributed by atoms with Crippen LogP contribution in [0.1, 0.15) is 0 Å². The quantitative estimate of drug-likeness (QED) is 0.597. The molecule has 6 heteroatoms. The van der Waals surface area contributed by atoms with Gasteiger partial charge in [0.25, 0.3) is 0 Å². The molecule has 0 aliphatic carbocycles. The van der Waals surface area contributed by atoms with E-state index >= 15 is 0 Å². The summed E-state index contributed by atoms with van der Waals surface area (Å²) in [5.41, 5.74) is 0. The van der Waals surface area contributed by atoms with Crippen LogP contribution in [0.3, 0.4) is 0 Å². The fraction of sp³-hybridized carbons (Fsp3) is 0.300. The molecular formula is C10H11F3O3. The van der Waals surface area contributed by atoms with E-state index < -0.39 is 6.68 Å². The van der Waals surface area contributed by atoms with Gasteiger partial charge >= 0.3 is 12.6 Å². The third-order valence-corrected chi connectivity index (χ3v) is 1.24. The molecule has 1 aromatic rings. The molecule has 16 heavy (non-hydrogen) atoms. The van der Waals surface area contributed by atoms with Crippen LogP contribution in [0.5, 0.6) is 5.75 Å². The van der Waals surface area contributed by atoms with Crippen LogP contribution in [0, 0.1) is 0 Å². The molecule has 0 aliphatic heterocycles. The van der Waals surface area contributed by atoms with Crippen molar-refractivity contribution < 1.29 is 27.4 Å². The Morgan fingerprint density at radius 1 is 1.25 bits per heavy atom. The number of carbonyl (C=O) groups excluding carboxylic acids is 1. The SMILES string of the molecule is COCC(=O)Oc1ccccc1.FC(F)F. The maximum absolute atomic E-state index is 10.9. The number of ether oxygens (including phenoxy) is 2. The Morgan fingerprint density at radius 3 is 2.19 bits per heavy atom. The summed E-state index contributed by atoms with van der Waals surface area (Å²) in [6, 6.07) is 8.89. The summed E-state index contributed by atoms with van der Waals surface area (Å²) in [5.74, 6) is 0.156. The number of carbonyl (C=O) groups is 1. The average molecular weight is 236 g/mol. The lowest BCUT2D eigenvalue weighted by Gasteiger charge is -2.01. The summed E-state index contributed by atoms with van der Waals surface area (Å²) in [4.78, 5) is 10.9. The highest BCUT2D eigenvalue weighted by molar-refractivity contribution is 5.73. The summed E-state index contributed by atoms with van der Waals surface area (Å²) in [6.07, 6.45) is 0. The lowest BCUT2D eigenvalue weighted by atomic mass is 10.3. The number of alkyl halides is 3. The molecule has 0 atom stereocenters. The summed E-state index contributed by atoms with van der Waals surface area (Å²) in [6.45, 7) is -3.69. The van der Waals surface area contributed by atoms with Gasteiger partial charge in [-0.3, -0.25) is 0 Å². The molecule has 0 spiro atoms. The maximum atomic E-state index is 10.9. The lowest BCUT2D eigenvalue weighted by molar-refractivity contribution is -0.138. The van der Waals surface area contributed by atoms with Crippen molar-refractivity contribution in [1.82, 2.24) is 0 Å². The zero-order chi connectivity index (χ0) is 12.4. The maximum Gasteiger partial charge on any atom is 0.379 e. The summed E-state index contributed by atoms with van der Waals surface area (Å²) < 4.78 is 38.5.